The number of aromatic nitrogens is 1. The number of nitrogens with zero attached hydrogens (tertiary/aromatic N) is 1. The van der Waals surface area contributed by atoms with Crippen molar-refractivity contribution in [2.24, 2.45) is 0 Å². The van der Waals surface area contributed by atoms with E-state index in [9.17, 15) is 4.79 Å². The fraction of sp³-hybridized carbons (Fsp3) is 0.421. The van der Waals surface area contributed by atoms with Gasteiger partial charge >= 0.3 is 5.97 Å². The third-order valence-corrected chi connectivity index (χ3v) is 5.71. The van der Waals surface area contributed by atoms with Gasteiger partial charge in [-0.25, -0.2) is 4.79 Å². The summed E-state index contributed by atoms with van der Waals surface area (Å²) in [5.74, 6) is -0.266. The van der Waals surface area contributed by atoms with E-state index in [1.54, 1.807) is 23.7 Å². The van der Waals surface area contributed by atoms with Crippen LogP contribution in [0.5, 0.6) is 0 Å². The van der Waals surface area contributed by atoms with Crippen LogP contribution in [0.15, 0.2) is 24.5 Å². The number of carbonyl (C=O) groups excluding carboxylic acids is 1. The average molecular weight is 390 g/mol. The number of thiophene rings is 1. The van der Waals surface area contributed by atoms with E-state index in [4.69, 9.17) is 17.0 Å². The van der Waals surface area contributed by atoms with E-state index in [0.717, 1.165) is 41.9 Å². The lowest BCUT2D eigenvalue weighted by Gasteiger charge is -2.12. The minimum Gasteiger partial charge on any atom is -0.462 e. The van der Waals surface area contributed by atoms with Gasteiger partial charge in [0.25, 0.3) is 0 Å². The maximum absolute atomic E-state index is 12.6. The molecule has 5 nitrogen and oxygen atoms in total. The number of ether oxygens (including phenoxy) is 1. The summed E-state index contributed by atoms with van der Waals surface area (Å²) in [7, 11) is 0. The molecule has 0 aliphatic heterocycles. The molecular formula is C19H23N3O2S2. The number of fused-ring (bicyclic) bond motifs is 1. The Morgan fingerprint density at radius 3 is 2.81 bits per heavy atom. The summed E-state index contributed by atoms with van der Waals surface area (Å²) in [5.41, 5.74) is 2.60. The smallest absolute Gasteiger partial charge is 0.341 e. The molecule has 0 bridgehead atoms. The van der Waals surface area contributed by atoms with Crippen molar-refractivity contribution in [1.82, 2.24) is 4.98 Å². The van der Waals surface area contributed by atoms with Crippen LogP contribution in [-0.4, -0.2) is 22.7 Å². The fourth-order valence-corrected chi connectivity index (χ4v) is 4.70. The third-order valence-electron chi connectivity index (χ3n) is 4.30. The molecule has 0 atom stereocenters. The highest BCUT2D eigenvalue weighted by atomic mass is 32.1. The second-order valence-corrected chi connectivity index (χ2v) is 7.68. The summed E-state index contributed by atoms with van der Waals surface area (Å²) < 4.78 is 5.32. The first-order valence-electron chi connectivity index (χ1n) is 8.98. The molecule has 0 unspecified atom stereocenters. The Hall–Kier alpha value is -1.99. The third kappa shape index (κ3) is 4.59. The number of carbonyl (C=O) groups is 1. The van der Waals surface area contributed by atoms with Crippen LogP contribution >= 0.6 is 23.6 Å². The van der Waals surface area contributed by atoms with E-state index >= 15 is 0 Å². The van der Waals surface area contributed by atoms with Crippen LogP contribution in [-0.2, 0) is 17.6 Å². The van der Waals surface area contributed by atoms with Crippen molar-refractivity contribution in [3.63, 3.8) is 0 Å². The quantitative estimate of drug-likeness (QED) is 0.579. The van der Waals surface area contributed by atoms with Crippen LogP contribution in [0.3, 0.4) is 0 Å². The van der Waals surface area contributed by atoms with E-state index in [2.05, 4.69) is 15.6 Å². The zero-order valence-electron chi connectivity index (χ0n) is 14.8. The van der Waals surface area contributed by atoms with Crippen molar-refractivity contribution in [3.05, 3.63) is 40.5 Å². The summed E-state index contributed by atoms with van der Waals surface area (Å²) in [6, 6.07) is 3.73. The maximum Gasteiger partial charge on any atom is 0.341 e. The Balaban J connectivity index is 1.85. The topological polar surface area (TPSA) is 63.2 Å². The van der Waals surface area contributed by atoms with Crippen LogP contribution < -0.4 is 10.6 Å². The highest BCUT2D eigenvalue weighted by Gasteiger charge is 2.25. The lowest BCUT2D eigenvalue weighted by molar-refractivity contribution is 0.0526. The van der Waals surface area contributed by atoms with Gasteiger partial charge in [-0.05, 0) is 62.5 Å². The molecule has 0 saturated heterocycles. The van der Waals surface area contributed by atoms with E-state index in [-0.39, 0.29) is 5.97 Å². The number of thiocarbonyl (C=S) groups is 1. The Morgan fingerprint density at radius 2 is 2.08 bits per heavy atom. The van der Waals surface area contributed by atoms with Gasteiger partial charge in [-0.3, -0.25) is 4.98 Å². The molecule has 3 rings (SSSR count). The van der Waals surface area contributed by atoms with E-state index in [1.807, 2.05) is 19.1 Å². The molecular weight excluding hydrogens is 366 g/mol. The average Bonchev–Trinajstić information content (AvgIpc) is 2.92. The van der Waals surface area contributed by atoms with Crippen molar-refractivity contribution in [2.45, 2.75) is 45.4 Å². The van der Waals surface area contributed by atoms with Crippen molar-refractivity contribution >= 4 is 45.3 Å². The van der Waals surface area contributed by atoms with Crippen LogP contribution in [0.4, 0.5) is 10.7 Å². The monoisotopic (exact) mass is 389 g/mol. The molecule has 26 heavy (non-hydrogen) atoms. The number of hydrogen-bond acceptors (Lipinski definition) is 5. The van der Waals surface area contributed by atoms with Crippen LogP contribution in [0, 0.1) is 0 Å². The minimum atomic E-state index is -0.266. The Labute approximate surface area is 163 Å². The summed E-state index contributed by atoms with van der Waals surface area (Å²) in [6.45, 7) is 2.19. The summed E-state index contributed by atoms with van der Waals surface area (Å²) in [4.78, 5) is 18.0. The van der Waals surface area contributed by atoms with Crippen molar-refractivity contribution in [1.29, 1.82) is 0 Å². The van der Waals surface area contributed by atoms with Gasteiger partial charge < -0.3 is 15.4 Å². The second-order valence-electron chi connectivity index (χ2n) is 6.16. The fourth-order valence-electron chi connectivity index (χ4n) is 3.13. The van der Waals surface area contributed by atoms with Crippen molar-refractivity contribution < 1.29 is 9.53 Å². The van der Waals surface area contributed by atoms with Gasteiger partial charge in [0, 0.05) is 11.1 Å². The summed E-state index contributed by atoms with van der Waals surface area (Å²) >= 11 is 7.05. The number of rotatable bonds is 4. The number of esters is 1. The number of pyridine rings is 1. The first kappa shape index (κ1) is 18.8. The largest absolute Gasteiger partial charge is 0.462 e. The van der Waals surface area contributed by atoms with Crippen LogP contribution in [0.1, 0.15) is 53.4 Å². The Kier molecular flexibility index (Phi) is 6.57. The molecule has 2 aromatic rings. The predicted octanol–water partition coefficient (Wildman–Crippen LogP) is 4.79. The molecule has 2 N–H and O–H groups in total. The van der Waals surface area contributed by atoms with Gasteiger partial charge in [-0.1, -0.05) is 12.8 Å². The lowest BCUT2D eigenvalue weighted by atomic mass is 9.96. The predicted molar refractivity (Wildman–Crippen MR) is 110 cm³/mol. The summed E-state index contributed by atoms with van der Waals surface area (Å²) in [6.07, 6.45) is 10.1. The molecule has 0 fully saturated rings. The Bertz CT molecular complexity index is 775. The number of nitrogens with one attached hydrogen (secondary N) is 2. The van der Waals surface area contributed by atoms with Gasteiger partial charge in [0.05, 0.1) is 24.1 Å². The van der Waals surface area contributed by atoms with Gasteiger partial charge in [0.1, 0.15) is 5.00 Å². The highest BCUT2D eigenvalue weighted by molar-refractivity contribution is 7.80. The van der Waals surface area contributed by atoms with Crippen molar-refractivity contribution in [2.75, 3.05) is 17.2 Å². The normalized spacial score (nSPS) is 13.9. The molecule has 138 valence electrons. The minimum absolute atomic E-state index is 0.266. The Morgan fingerprint density at radius 1 is 1.27 bits per heavy atom. The van der Waals surface area contributed by atoms with Gasteiger partial charge in [-0.15, -0.1) is 11.3 Å². The lowest BCUT2D eigenvalue weighted by Crippen LogP contribution is -2.20. The molecule has 1 aliphatic rings. The molecule has 0 radical (unpaired) electrons. The maximum atomic E-state index is 12.6. The molecule has 7 heteroatoms. The van der Waals surface area contributed by atoms with Gasteiger partial charge in [0.15, 0.2) is 5.11 Å². The van der Waals surface area contributed by atoms with Gasteiger partial charge in [0.2, 0.25) is 0 Å². The molecule has 0 amide bonds. The summed E-state index contributed by atoms with van der Waals surface area (Å²) in [5, 5.41) is 7.53. The van der Waals surface area contributed by atoms with E-state index in [0.29, 0.717) is 17.3 Å². The first-order valence-corrected chi connectivity index (χ1v) is 10.2. The van der Waals surface area contributed by atoms with E-state index in [1.165, 1.54) is 17.7 Å². The highest BCUT2D eigenvalue weighted by Crippen LogP contribution is 2.37. The standard InChI is InChI=1S/C19H23N3O2S2/c1-2-24-18(23)16-14-9-5-3-4-6-10-15(14)26-17(16)22-19(25)21-13-8-7-11-20-12-13/h7-8,11-12H,2-6,9-10H2,1H3,(H2,21,22,25). The molecule has 0 aromatic carbocycles. The molecule has 0 spiro atoms. The second kappa shape index (κ2) is 9.09. The van der Waals surface area contributed by atoms with Crippen molar-refractivity contribution in [3.8, 4) is 0 Å². The number of aryl methyl sites for hydroxylation is 1. The number of hydrogen-bond donors (Lipinski definition) is 2. The number of anilines is 2. The molecule has 0 saturated carbocycles. The van der Waals surface area contributed by atoms with Crippen LogP contribution in [0.2, 0.25) is 0 Å². The van der Waals surface area contributed by atoms with Gasteiger partial charge in [-0.2, -0.15) is 0 Å². The molecule has 1 aliphatic carbocycles. The zero-order valence-corrected chi connectivity index (χ0v) is 16.5. The van der Waals surface area contributed by atoms with Crippen LogP contribution in [0.25, 0.3) is 0 Å². The molecule has 2 heterocycles. The first-order chi connectivity index (χ1) is 12.7. The molecule has 2 aromatic heterocycles. The zero-order chi connectivity index (χ0) is 18.4. The SMILES string of the molecule is CCOC(=O)c1c(NC(=S)Nc2cccnc2)sc2c1CCCCCC2. The van der Waals surface area contributed by atoms with E-state index < -0.39 is 0 Å².